The van der Waals surface area contributed by atoms with Gasteiger partial charge in [0.25, 0.3) is 31.4 Å². The number of hydrogen-bond acceptors (Lipinski definition) is 16. The molecule has 0 amide bonds. The van der Waals surface area contributed by atoms with E-state index in [2.05, 4.69) is 23.1 Å². The van der Waals surface area contributed by atoms with Gasteiger partial charge < -0.3 is 29.2 Å². The molecule has 2 aromatic carbocycles. The fourth-order valence-corrected chi connectivity index (χ4v) is 8.76. The van der Waals surface area contributed by atoms with Gasteiger partial charge in [0, 0.05) is 36.4 Å². The number of aromatic nitrogens is 4. The molecule has 6 atom stereocenters. The van der Waals surface area contributed by atoms with Crippen LogP contribution < -0.4 is 22.5 Å². The number of benzene rings is 2. The molecule has 4 aromatic rings. The van der Waals surface area contributed by atoms with Gasteiger partial charge in [0.1, 0.15) is 48.1 Å². The summed E-state index contributed by atoms with van der Waals surface area (Å²) in [6.07, 6.45) is 6.14. The van der Waals surface area contributed by atoms with E-state index in [0.717, 1.165) is 23.6 Å². The summed E-state index contributed by atoms with van der Waals surface area (Å²) >= 11 is 0. The third-order valence-corrected chi connectivity index (χ3v) is 12.6. The first kappa shape index (κ1) is 51.8. The molecule has 0 unspecified atom stereocenters. The number of aliphatic hydroxyl groups is 2. The van der Waals surface area contributed by atoms with E-state index >= 15 is 0 Å². The molecule has 2 aliphatic heterocycles. The molecule has 0 radical (unpaired) electrons. The van der Waals surface area contributed by atoms with Gasteiger partial charge in [-0.2, -0.15) is 16.8 Å². The molecule has 2 fully saturated rings. The van der Waals surface area contributed by atoms with Crippen molar-refractivity contribution in [1.82, 2.24) is 19.1 Å². The zero-order valence-corrected chi connectivity index (χ0v) is 38.7. The van der Waals surface area contributed by atoms with E-state index in [4.69, 9.17) is 27.3 Å². The van der Waals surface area contributed by atoms with E-state index in [1.165, 1.54) is 21.5 Å². The largest absolute Gasteiger partial charge is 0.393 e. The van der Waals surface area contributed by atoms with Crippen LogP contribution in [0.5, 0.6) is 0 Å². The first-order valence-electron chi connectivity index (χ1n) is 20.6. The summed E-state index contributed by atoms with van der Waals surface area (Å²) in [5.74, 6) is 0. The Morgan fingerprint density at radius 2 is 1.02 bits per heavy atom. The van der Waals surface area contributed by atoms with Crippen LogP contribution in [0.15, 0.2) is 118 Å². The molecule has 2 aromatic heterocycles. The molecular formula is C44H56N4O16S2. The monoisotopic (exact) mass is 960 g/mol. The lowest BCUT2D eigenvalue weighted by molar-refractivity contribution is -0.201. The molecule has 4 heterocycles. The quantitative estimate of drug-likeness (QED) is 0.0729. The Bertz CT molecular complexity index is 2600. The highest BCUT2D eigenvalue weighted by Gasteiger charge is 2.63. The Hall–Kier alpha value is -5.14. The Kier molecular flexibility index (Phi) is 16.7. The second-order valence-corrected chi connectivity index (χ2v) is 19.6. The number of aromatic amines is 2. The highest BCUT2D eigenvalue weighted by Crippen LogP contribution is 2.51. The standard InChI is InChI=1S/2C22H28N2O8S/c2*1-4-10-21(30-13-17-8-6-5-7-9-17)11-18(24-12-16(2)19(26)23-20(24)27)32-22(21,14-25)15-31-33(3,28)29/h2*4-9,12,18,25H,1,10-11,13-15H2,2-3H3,(H,23,26,27)/t2*18-,21-,22-/m11/s1. The van der Waals surface area contributed by atoms with E-state index in [0.29, 0.717) is 0 Å². The minimum absolute atomic E-state index is 0.0604. The van der Waals surface area contributed by atoms with Crippen LogP contribution in [0.2, 0.25) is 0 Å². The number of H-pyrrole nitrogens is 2. The van der Waals surface area contributed by atoms with E-state index < -0.39 is 104 Å². The lowest BCUT2D eigenvalue weighted by Crippen LogP contribution is -2.58. The number of nitrogens with zero attached hydrogens (tertiary/aromatic N) is 2. The maximum atomic E-state index is 12.5. The maximum Gasteiger partial charge on any atom is 0.330 e. The zero-order valence-electron chi connectivity index (χ0n) is 37.0. The van der Waals surface area contributed by atoms with Crippen molar-refractivity contribution in [3.05, 3.63) is 162 Å². The highest BCUT2D eigenvalue weighted by molar-refractivity contribution is 7.86. The van der Waals surface area contributed by atoms with Crippen molar-refractivity contribution in [2.75, 3.05) is 38.9 Å². The molecule has 0 saturated carbocycles. The van der Waals surface area contributed by atoms with Gasteiger partial charge in [-0.1, -0.05) is 72.8 Å². The van der Waals surface area contributed by atoms with Crippen molar-refractivity contribution in [3.8, 4) is 0 Å². The Labute approximate surface area is 381 Å². The number of rotatable bonds is 20. The lowest BCUT2D eigenvalue weighted by atomic mass is 9.80. The van der Waals surface area contributed by atoms with Crippen LogP contribution in [0.1, 0.15) is 60.4 Å². The summed E-state index contributed by atoms with van der Waals surface area (Å²) in [4.78, 5) is 53.1. The van der Waals surface area contributed by atoms with Gasteiger partial charge in [-0.3, -0.25) is 37.1 Å². The summed E-state index contributed by atoms with van der Waals surface area (Å²) in [5, 5.41) is 20.9. The van der Waals surface area contributed by atoms with Gasteiger partial charge in [-0.25, -0.2) is 9.59 Å². The van der Waals surface area contributed by atoms with Crippen molar-refractivity contribution in [1.29, 1.82) is 0 Å². The summed E-state index contributed by atoms with van der Waals surface area (Å²) < 4.78 is 84.5. The second-order valence-electron chi connectivity index (χ2n) is 16.3. The van der Waals surface area contributed by atoms with Gasteiger partial charge in [0.05, 0.1) is 38.9 Å². The van der Waals surface area contributed by atoms with E-state index in [1.54, 1.807) is 26.0 Å². The SMILES string of the molecule is C=CC[C@@]1(OCc2ccccc2)C[C@H](n2cc(C)c(=O)[nH]c2=O)O[C@]1(CO)COS(C)(=O)=O.C=CC[C@@]1(OCc2ccccc2)C[C@H](n2cc(C)c(=O)[nH]c2=O)O[C@]1(CO)COS(C)(=O)=O. The topological polar surface area (TPSA) is 274 Å². The van der Waals surface area contributed by atoms with E-state index in [1.807, 2.05) is 60.7 Å². The number of hydrogen-bond donors (Lipinski definition) is 4. The van der Waals surface area contributed by atoms with Crippen LogP contribution >= 0.6 is 0 Å². The number of aliphatic hydroxyl groups excluding tert-OH is 2. The van der Waals surface area contributed by atoms with Gasteiger partial charge in [-0.05, 0) is 37.8 Å². The summed E-state index contributed by atoms with van der Waals surface area (Å²) in [6, 6.07) is 18.6. The number of ether oxygens (including phenoxy) is 4. The minimum atomic E-state index is -3.88. The molecule has 6 rings (SSSR count). The average Bonchev–Trinajstić information content (AvgIpc) is 3.77. The summed E-state index contributed by atoms with van der Waals surface area (Å²) in [7, 11) is -7.77. The smallest absolute Gasteiger partial charge is 0.330 e. The molecule has 20 nitrogen and oxygen atoms in total. The highest BCUT2D eigenvalue weighted by atomic mass is 32.2. The molecule has 360 valence electrons. The first-order valence-corrected chi connectivity index (χ1v) is 24.2. The second kappa shape index (κ2) is 21.2. The molecule has 0 bridgehead atoms. The predicted octanol–water partition coefficient (Wildman–Crippen LogP) is 2.01. The molecule has 4 N–H and O–H groups in total. The third-order valence-electron chi connectivity index (χ3n) is 11.5. The van der Waals surface area contributed by atoms with Crippen molar-refractivity contribution in [3.63, 3.8) is 0 Å². The van der Waals surface area contributed by atoms with Crippen LogP contribution in [0, 0.1) is 13.8 Å². The Balaban J connectivity index is 0.000000247. The van der Waals surface area contributed by atoms with Crippen LogP contribution in [-0.2, 0) is 60.8 Å². The molecule has 0 spiro atoms. The lowest BCUT2D eigenvalue weighted by Gasteiger charge is -2.42. The fourth-order valence-electron chi connectivity index (χ4n) is 7.95. The van der Waals surface area contributed by atoms with Crippen molar-refractivity contribution in [2.24, 2.45) is 0 Å². The molecular weight excluding hydrogens is 905 g/mol. The van der Waals surface area contributed by atoms with Gasteiger partial charge in [0.15, 0.2) is 0 Å². The van der Waals surface area contributed by atoms with Gasteiger partial charge >= 0.3 is 11.4 Å². The van der Waals surface area contributed by atoms with Crippen LogP contribution in [0.25, 0.3) is 0 Å². The molecule has 66 heavy (non-hydrogen) atoms. The molecule has 2 saturated heterocycles. The summed E-state index contributed by atoms with van der Waals surface area (Å²) in [6.45, 7) is 8.51. The molecule has 22 heteroatoms. The molecule has 2 aliphatic rings. The Morgan fingerprint density at radius 1 is 0.667 bits per heavy atom. The normalized spacial score (nSPS) is 25.2. The average molecular weight is 961 g/mol. The van der Waals surface area contributed by atoms with E-state index in [9.17, 15) is 46.2 Å². The zero-order chi connectivity index (χ0) is 48.6. The summed E-state index contributed by atoms with van der Waals surface area (Å²) in [5.41, 5.74) is -6.08. The predicted molar refractivity (Wildman–Crippen MR) is 240 cm³/mol. The third kappa shape index (κ3) is 11.9. The maximum absolute atomic E-state index is 12.5. The van der Waals surface area contributed by atoms with Gasteiger partial charge in [-0.15, -0.1) is 13.2 Å². The Morgan fingerprint density at radius 3 is 1.32 bits per heavy atom. The molecule has 0 aliphatic carbocycles. The number of aryl methyl sites for hydroxylation is 2. The number of nitrogens with one attached hydrogen (secondary N) is 2. The first-order chi connectivity index (χ1) is 31.1. The van der Waals surface area contributed by atoms with E-state index in [-0.39, 0.29) is 50.0 Å². The van der Waals surface area contributed by atoms with Crippen LogP contribution in [0.3, 0.4) is 0 Å². The van der Waals surface area contributed by atoms with Crippen molar-refractivity contribution in [2.45, 2.75) is 87.6 Å². The van der Waals surface area contributed by atoms with Gasteiger partial charge in [0.2, 0.25) is 0 Å². The van der Waals surface area contributed by atoms with Crippen molar-refractivity contribution < 1.29 is 54.4 Å². The van der Waals surface area contributed by atoms with Crippen LogP contribution in [0.4, 0.5) is 0 Å². The van der Waals surface area contributed by atoms with Crippen molar-refractivity contribution >= 4 is 20.2 Å². The fraction of sp³-hybridized carbons (Fsp3) is 0.455. The minimum Gasteiger partial charge on any atom is -0.393 e. The van der Waals surface area contributed by atoms with Crippen LogP contribution in [-0.4, -0.2) is 107 Å².